The van der Waals surface area contributed by atoms with Crippen LogP contribution in [0.3, 0.4) is 0 Å². The minimum Gasteiger partial charge on any atom is -0.347 e. The molecule has 0 aliphatic rings. The quantitative estimate of drug-likeness (QED) is 0.827. The first-order valence-electron chi connectivity index (χ1n) is 6.07. The number of nitrogens with one attached hydrogen (secondary N) is 2. The van der Waals surface area contributed by atoms with E-state index in [9.17, 15) is 0 Å². The Labute approximate surface area is 102 Å². The van der Waals surface area contributed by atoms with Crippen LogP contribution in [-0.4, -0.2) is 16.5 Å². The van der Waals surface area contributed by atoms with Crippen LogP contribution >= 0.6 is 0 Å². The second-order valence-corrected chi connectivity index (χ2v) is 4.28. The fourth-order valence-corrected chi connectivity index (χ4v) is 2.05. The van der Waals surface area contributed by atoms with Crippen molar-refractivity contribution in [2.24, 2.45) is 0 Å². The van der Waals surface area contributed by atoms with Crippen LogP contribution in [-0.2, 0) is 6.42 Å². The fourth-order valence-electron chi connectivity index (χ4n) is 2.05. The summed E-state index contributed by atoms with van der Waals surface area (Å²) in [4.78, 5) is 7.52. The highest BCUT2D eigenvalue weighted by atomic mass is 15.0. The lowest BCUT2D eigenvalue weighted by Gasteiger charge is -2.15. The molecule has 1 aromatic heterocycles. The highest BCUT2D eigenvalue weighted by molar-refractivity contribution is 5.23. The van der Waals surface area contributed by atoms with Crippen molar-refractivity contribution in [3.05, 3.63) is 53.6 Å². The molecule has 1 heterocycles. The van der Waals surface area contributed by atoms with Crippen LogP contribution in [0.5, 0.6) is 0 Å². The third-order valence-electron chi connectivity index (χ3n) is 2.82. The third kappa shape index (κ3) is 3.17. The largest absolute Gasteiger partial charge is 0.347 e. The number of hydrogen-bond donors (Lipinski definition) is 2. The molecule has 3 heteroatoms. The number of aromatic amines is 1. The van der Waals surface area contributed by atoms with E-state index in [2.05, 4.69) is 53.4 Å². The minimum absolute atomic E-state index is 0.261. The SMILES string of the molecule is CCNC(Cc1cccc(C)c1)c1ncc[nH]1. The Morgan fingerprint density at radius 2 is 2.29 bits per heavy atom. The summed E-state index contributed by atoms with van der Waals surface area (Å²) in [6, 6.07) is 8.89. The molecule has 0 bridgehead atoms. The minimum atomic E-state index is 0.261. The molecule has 0 saturated heterocycles. The molecule has 1 unspecified atom stereocenters. The second-order valence-electron chi connectivity index (χ2n) is 4.28. The number of benzene rings is 1. The first-order chi connectivity index (χ1) is 8.29. The Morgan fingerprint density at radius 3 is 2.94 bits per heavy atom. The summed E-state index contributed by atoms with van der Waals surface area (Å²) in [7, 11) is 0. The van der Waals surface area contributed by atoms with Crippen molar-refractivity contribution in [3.8, 4) is 0 Å². The Morgan fingerprint density at radius 1 is 1.41 bits per heavy atom. The number of aromatic nitrogens is 2. The fraction of sp³-hybridized carbons (Fsp3) is 0.357. The van der Waals surface area contributed by atoms with Gasteiger partial charge >= 0.3 is 0 Å². The molecule has 17 heavy (non-hydrogen) atoms. The lowest BCUT2D eigenvalue weighted by Crippen LogP contribution is -2.24. The van der Waals surface area contributed by atoms with Gasteiger partial charge in [-0.15, -0.1) is 0 Å². The first-order valence-corrected chi connectivity index (χ1v) is 6.07. The lowest BCUT2D eigenvalue weighted by atomic mass is 10.0. The molecule has 2 rings (SSSR count). The molecule has 0 aliphatic heterocycles. The lowest BCUT2D eigenvalue weighted by molar-refractivity contribution is 0.526. The number of likely N-dealkylation sites (N-methyl/N-ethyl adjacent to an activating group) is 1. The summed E-state index contributed by atoms with van der Waals surface area (Å²) in [5, 5.41) is 3.46. The van der Waals surface area contributed by atoms with Crippen LogP contribution in [0, 0.1) is 6.92 Å². The van der Waals surface area contributed by atoms with Crippen LogP contribution < -0.4 is 5.32 Å². The number of rotatable bonds is 5. The van der Waals surface area contributed by atoms with Crippen molar-refractivity contribution >= 4 is 0 Å². The van der Waals surface area contributed by atoms with Gasteiger partial charge in [0.15, 0.2) is 0 Å². The van der Waals surface area contributed by atoms with Gasteiger partial charge in [-0.2, -0.15) is 0 Å². The zero-order chi connectivity index (χ0) is 12.1. The van der Waals surface area contributed by atoms with Crippen LogP contribution in [0.1, 0.15) is 29.9 Å². The van der Waals surface area contributed by atoms with Gasteiger partial charge in [-0.1, -0.05) is 36.8 Å². The molecule has 1 aromatic carbocycles. The van der Waals surface area contributed by atoms with E-state index in [4.69, 9.17) is 0 Å². The van der Waals surface area contributed by atoms with E-state index in [0.29, 0.717) is 0 Å². The topological polar surface area (TPSA) is 40.7 Å². The number of H-pyrrole nitrogens is 1. The molecular formula is C14H19N3. The van der Waals surface area contributed by atoms with Crippen LogP contribution in [0.15, 0.2) is 36.7 Å². The van der Waals surface area contributed by atoms with Crippen molar-refractivity contribution < 1.29 is 0 Å². The zero-order valence-electron chi connectivity index (χ0n) is 10.4. The monoisotopic (exact) mass is 229 g/mol. The normalized spacial score (nSPS) is 12.6. The van der Waals surface area contributed by atoms with Gasteiger partial charge in [0.05, 0.1) is 6.04 Å². The Hall–Kier alpha value is -1.61. The molecule has 0 saturated carbocycles. The molecule has 0 fully saturated rings. The first kappa shape index (κ1) is 11.9. The molecule has 90 valence electrons. The van der Waals surface area contributed by atoms with E-state index >= 15 is 0 Å². The van der Waals surface area contributed by atoms with Gasteiger partial charge in [-0.05, 0) is 25.5 Å². The van der Waals surface area contributed by atoms with E-state index in [-0.39, 0.29) is 6.04 Å². The van der Waals surface area contributed by atoms with Crippen LogP contribution in [0.2, 0.25) is 0 Å². The molecule has 2 aromatic rings. The Bertz CT molecular complexity index is 448. The number of aryl methyl sites for hydroxylation is 1. The third-order valence-corrected chi connectivity index (χ3v) is 2.82. The maximum Gasteiger partial charge on any atom is 0.123 e. The Kier molecular flexibility index (Phi) is 3.94. The molecule has 0 amide bonds. The maximum atomic E-state index is 4.34. The molecular weight excluding hydrogens is 210 g/mol. The van der Waals surface area contributed by atoms with Gasteiger partial charge in [0.1, 0.15) is 5.82 Å². The summed E-state index contributed by atoms with van der Waals surface area (Å²) in [6.45, 7) is 5.18. The Balaban J connectivity index is 2.13. The van der Waals surface area contributed by atoms with Gasteiger partial charge in [0, 0.05) is 12.4 Å². The predicted octanol–water partition coefficient (Wildman–Crippen LogP) is 2.61. The second kappa shape index (κ2) is 5.64. The zero-order valence-corrected chi connectivity index (χ0v) is 10.4. The summed E-state index contributed by atoms with van der Waals surface area (Å²) in [6.07, 6.45) is 4.63. The van der Waals surface area contributed by atoms with Gasteiger partial charge in [0.2, 0.25) is 0 Å². The van der Waals surface area contributed by atoms with E-state index in [1.54, 1.807) is 6.20 Å². The van der Waals surface area contributed by atoms with Crippen molar-refractivity contribution in [2.45, 2.75) is 26.3 Å². The van der Waals surface area contributed by atoms with Crippen LogP contribution in [0.25, 0.3) is 0 Å². The maximum absolute atomic E-state index is 4.34. The molecule has 2 N–H and O–H groups in total. The molecule has 0 aliphatic carbocycles. The number of imidazole rings is 1. The van der Waals surface area contributed by atoms with E-state index in [1.807, 2.05) is 6.20 Å². The van der Waals surface area contributed by atoms with E-state index in [1.165, 1.54) is 11.1 Å². The van der Waals surface area contributed by atoms with Crippen LogP contribution in [0.4, 0.5) is 0 Å². The molecule has 3 nitrogen and oxygen atoms in total. The average molecular weight is 229 g/mol. The number of hydrogen-bond acceptors (Lipinski definition) is 2. The standard InChI is InChI=1S/C14H19N3/c1-3-15-13(14-16-7-8-17-14)10-12-6-4-5-11(2)9-12/h4-9,13,15H,3,10H2,1-2H3,(H,16,17). The van der Waals surface area contributed by atoms with Gasteiger partial charge < -0.3 is 10.3 Å². The van der Waals surface area contributed by atoms with Crippen molar-refractivity contribution in [1.29, 1.82) is 0 Å². The van der Waals surface area contributed by atoms with Gasteiger partial charge in [-0.3, -0.25) is 0 Å². The highest BCUT2D eigenvalue weighted by Crippen LogP contribution is 2.15. The predicted molar refractivity (Wildman–Crippen MR) is 69.9 cm³/mol. The van der Waals surface area contributed by atoms with E-state index in [0.717, 1.165) is 18.8 Å². The van der Waals surface area contributed by atoms with Crippen molar-refractivity contribution in [2.75, 3.05) is 6.54 Å². The van der Waals surface area contributed by atoms with Crippen molar-refractivity contribution in [3.63, 3.8) is 0 Å². The van der Waals surface area contributed by atoms with Gasteiger partial charge in [-0.25, -0.2) is 4.98 Å². The smallest absolute Gasteiger partial charge is 0.123 e. The summed E-state index contributed by atoms with van der Waals surface area (Å²) in [5.41, 5.74) is 2.64. The van der Waals surface area contributed by atoms with Gasteiger partial charge in [0.25, 0.3) is 0 Å². The van der Waals surface area contributed by atoms with Crippen molar-refractivity contribution in [1.82, 2.24) is 15.3 Å². The van der Waals surface area contributed by atoms with E-state index < -0.39 is 0 Å². The summed E-state index contributed by atoms with van der Waals surface area (Å²) < 4.78 is 0. The number of nitrogens with zero attached hydrogens (tertiary/aromatic N) is 1. The molecule has 0 radical (unpaired) electrons. The average Bonchev–Trinajstić information content (AvgIpc) is 2.82. The summed E-state index contributed by atoms with van der Waals surface area (Å²) >= 11 is 0. The highest BCUT2D eigenvalue weighted by Gasteiger charge is 2.13. The molecule has 0 spiro atoms. The summed E-state index contributed by atoms with van der Waals surface area (Å²) in [5.74, 6) is 1.01. The molecule has 1 atom stereocenters.